The fourth-order valence-corrected chi connectivity index (χ4v) is 3.57. The third kappa shape index (κ3) is 3.37. The van der Waals surface area contributed by atoms with Crippen LogP contribution < -0.4 is 5.32 Å². The van der Waals surface area contributed by atoms with Gasteiger partial charge in [0.05, 0.1) is 18.8 Å². The minimum Gasteiger partial charge on any atom is -0.374 e. The molecule has 1 saturated heterocycles. The predicted octanol–water partition coefficient (Wildman–Crippen LogP) is 3.23. The molecule has 2 atom stereocenters. The van der Waals surface area contributed by atoms with Gasteiger partial charge < -0.3 is 10.1 Å². The molecule has 2 aliphatic rings. The SMILES string of the molecule is CN1CCOC(CNC2CC2)C1c1ccc(Br)cc1Cl. The molecular weight excluding hydrogens is 340 g/mol. The fourth-order valence-electron chi connectivity index (χ4n) is 2.78. The Bertz CT molecular complexity index is 481. The van der Waals surface area contributed by atoms with Gasteiger partial charge in [0.1, 0.15) is 0 Å². The number of ether oxygens (including phenoxy) is 1. The summed E-state index contributed by atoms with van der Waals surface area (Å²) in [6.45, 7) is 2.63. The molecule has 1 aromatic rings. The zero-order chi connectivity index (χ0) is 14.1. The third-order valence-corrected chi connectivity index (χ3v) is 4.89. The lowest BCUT2D eigenvalue weighted by Crippen LogP contribution is -2.47. The Morgan fingerprint density at radius 2 is 2.25 bits per heavy atom. The third-order valence-electron chi connectivity index (χ3n) is 4.07. The van der Waals surface area contributed by atoms with Crippen molar-refractivity contribution in [1.82, 2.24) is 10.2 Å². The summed E-state index contributed by atoms with van der Waals surface area (Å²) >= 11 is 9.90. The molecule has 20 heavy (non-hydrogen) atoms. The Kier molecular flexibility index (Phi) is 4.68. The number of rotatable bonds is 4. The molecule has 0 aromatic heterocycles. The highest BCUT2D eigenvalue weighted by Gasteiger charge is 2.34. The Balaban J connectivity index is 1.80. The van der Waals surface area contributed by atoms with Gasteiger partial charge in [-0.3, -0.25) is 4.90 Å². The topological polar surface area (TPSA) is 24.5 Å². The number of likely N-dealkylation sites (N-methyl/N-ethyl adjacent to an activating group) is 1. The van der Waals surface area contributed by atoms with Crippen LogP contribution in [0.1, 0.15) is 24.4 Å². The van der Waals surface area contributed by atoms with Crippen LogP contribution in [-0.4, -0.2) is 43.8 Å². The van der Waals surface area contributed by atoms with Gasteiger partial charge in [0.15, 0.2) is 0 Å². The molecule has 1 aliphatic carbocycles. The van der Waals surface area contributed by atoms with E-state index in [9.17, 15) is 0 Å². The van der Waals surface area contributed by atoms with Crippen molar-refractivity contribution in [1.29, 1.82) is 0 Å². The van der Waals surface area contributed by atoms with Crippen molar-refractivity contribution < 1.29 is 4.74 Å². The molecule has 1 heterocycles. The smallest absolute Gasteiger partial charge is 0.0897 e. The summed E-state index contributed by atoms with van der Waals surface area (Å²) in [4.78, 5) is 2.35. The Morgan fingerprint density at radius 1 is 1.45 bits per heavy atom. The predicted molar refractivity (Wildman–Crippen MR) is 85.3 cm³/mol. The highest BCUT2D eigenvalue weighted by atomic mass is 79.9. The molecule has 1 aromatic carbocycles. The molecule has 3 nitrogen and oxygen atoms in total. The van der Waals surface area contributed by atoms with Crippen LogP contribution in [0.5, 0.6) is 0 Å². The average molecular weight is 360 g/mol. The zero-order valence-electron chi connectivity index (χ0n) is 11.6. The van der Waals surface area contributed by atoms with Gasteiger partial charge in [0.2, 0.25) is 0 Å². The molecule has 1 aliphatic heterocycles. The Hall–Kier alpha value is -0.130. The summed E-state index contributed by atoms with van der Waals surface area (Å²) in [5, 5.41) is 4.38. The van der Waals surface area contributed by atoms with Crippen LogP contribution in [0.2, 0.25) is 5.02 Å². The van der Waals surface area contributed by atoms with E-state index in [1.165, 1.54) is 12.8 Å². The van der Waals surface area contributed by atoms with Gasteiger partial charge in [-0.2, -0.15) is 0 Å². The highest BCUT2D eigenvalue weighted by Crippen LogP contribution is 2.34. The largest absolute Gasteiger partial charge is 0.374 e. The second-order valence-corrected chi connectivity index (χ2v) is 7.01. The minimum absolute atomic E-state index is 0.160. The van der Waals surface area contributed by atoms with Crippen LogP contribution in [-0.2, 0) is 4.74 Å². The van der Waals surface area contributed by atoms with Crippen molar-refractivity contribution >= 4 is 27.5 Å². The first-order valence-corrected chi connectivity index (χ1v) is 8.32. The maximum absolute atomic E-state index is 6.44. The van der Waals surface area contributed by atoms with Crippen molar-refractivity contribution in [2.75, 3.05) is 26.7 Å². The van der Waals surface area contributed by atoms with Gasteiger partial charge in [-0.15, -0.1) is 0 Å². The van der Waals surface area contributed by atoms with E-state index >= 15 is 0 Å². The van der Waals surface area contributed by atoms with Gasteiger partial charge in [-0.05, 0) is 37.6 Å². The summed E-state index contributed by atoms with van der Waals surface area (Å²) < 4.78 is 7.02. The molecule has 0 bridgehead atoms. The van der Waals surface area contributed by atoms with E-state index in [1.54, 1.807) is 0 Å². The maximum Gasteiger partial charge on any atom is 0.0897 e. The lowest BCUT2D eigenvalue weighted by Gasteiger charge is -2.40. The first kappa shape index (κ1) is 14.8. The van der Waals surface area contributed by atoms with E-state index in [4.69, 9.17) is 16.3 Å². The summed E-state index contributed by atoms with van der Waals surface area (Å²) in [5.74, 6) is 0. The van der Waals surface area contributed by atoms with E-state index < -0.39 is 0 Å². The Morgan fingerprint density at radius 3 is 2.95 bits per heavy atom. The van der Waals surface area contributed by atoms with Crippen molar-refractivity contribution in [2.24, 2.45) is 0 Å². The average Bonchev–Trinajstić information content (AvgIpc) is 3.22. The van der Waals surface area contributed by atoms with E-state index in [0.29, 0.717) is 6.04 Å². The second-order valence-electron chi connectivity index (χ2n) is 5.68. The summed E-state index contributed by atoms with van der Waals surface area (Å²) in [6, 6.07) is 7.04. The summed E-state index contributed by atoms with van der Waals surface area (Å²) in [5.41, 5.74) is 1.15. The molecule has 2 fully saturated rings. The van der Waals surface area contributed by atoms with Crippen LogP contribution in [0.4, 0.5) is 0 Å². The standard InChI is InChI=1S/C15H20BrClN2O/c1-19-6-7-20-14(9-18-11-3-4-11)15(19)12-5-2-10(16)8-13(12)17/h2,5,8,11,14-15,18H,3-4,6-7,9H2,1H3. The van der Waals surface area contributed by atoms with Gasteiger partial charge in [-0.25, -0.2) is 0 Å². The lowest BCUT2D eigenvalue weighted by atomic mass is 9.98. The van der Waals surface area contributed by atoms with Crippen molar-refractivity contribution in [2.45, 2.75) is 31.0 Å². The fraction of sp³-hybridized carbons (Fsp3) is 0.600. The minimum atomic E-state index is 0.160. The van der Waals surface area contributed by atoms with E-state index in [0.717, 1.165) is 34.8 Å². The molecule has 5 heteroatoms. The first-order chi connectivity index (χ1) is 9.65. The number of nitrogens with one attached hydrogen (secondary N) is 1. The van der Waals surface area contributed by atoms with E-state index in [1.807, 2.05) is 6.07 Å². The number of benzene rings is 1. The molecular formula is C15H20BrClN2O. The van der Waals surface area contributed by atoms with Gasteiger partial charge >= 0.3 is 0 Å². The molecule has 110 valence electrons. The number of nitrogens with zero attached hydrogens (tertiary/aromatic N) is 1. The number of halogens is 2. The lowest BCUT2D eigenvalue weighted by molar-refractivity contribution is -0.0614. The van der Waals surface area contributed by atoms with E-state index in [-0.39, 0.29) is 12.1 Å². The molecule has 0 radical (unpaired) electrons. The molecule has 1 saturated carbocycles. The molecule has 0 amide bonds. The van der Waals surface area contributed by atoms with Crippen molar-refractivity contribution in [3.05, 3.63) is 33.3 Å². The number of morpholine rings is 1. The summed E-state index contributed by atoms with van der Waals surface area (Å²) in [6.07, 6.45) is 2.76. The van der Waals surface area contributed by atoms with E-state index in [2.05, 4.69) is 45.3 Å². The van der Waals surface area contributed by atoms with Crippen molar-refractivity contribution in [3.8, 4) is 0 Å². The summed E-state index contributed by atoms with van der Waals surface area (Å²) in [7, 11) is 2.15. The van der Waals surface area contributed by atoms with Gasteiger partial charge in [0, 0.05) is 28.6 Å². The van der Waals surface area contributed by atoms with Crippen LogP contribution >= 0.6 is 27.5 Å². The first-order valence-electron chi connectivity index (χ1n) is 7.15. The highest BCUT2D eigenvalue weighted by molar-refractivity contribution is 9.10. The maximum atomic E-state index is 6.44. The van der Waals surface area contributed by atoms with Crippen LogP contribution in [0.25, 0.3) is 0 Å². The quantitative estimate of drug-likeness (QED) is 0.893. The van der Waals surface area contributed by atoms with Gasteiger partial charge in [-0.1, -0.05) is 33.6 Å². The monoisotopic (exact) mass is 358 g/mol. The van der Waals surface area contributed by atoms with Crippen LogP contribution in [0, 0.1) is 0 Å². The van der Waals surface area contributed by atoms with Gasteiger partial charge in [0.25, 0.3) is 0 Å². The van der Waals surface area contributed by atoms with Crippen molar-refractivity contribution in [3.63, 3.8) is 0 Å². The Labute approximate surface area is 133 Å². The van der Waals surface area contributed by atoms with Crippen LogP contribution in [0.3, 0.4) is 0 Å². The number of hydrogen-bond donors (Lipinski definition) is 1. The molecule has 0 spiro atoms. The normalized spacial score (nSPS) is 27.8. The molecule has 2 unspecified atom stereocenters. The second kappa shape index (κ2) is 6.32. The zero-order valence-corrected chi connectivity index (χ0v) is 14.0. The molecule has 1 N–H and O–H groups in total. The number of hydrogen-bond acceptors (Lipinski definition) is 3. The van der Waals surface area contributed by atoms with Crippen LogP contribution in [0.15, 0.2) is 22.7 Å². The molecule has 3 rings (SSSR count).